The van der Waals surface area contributed by atoms with Crippen molar-refractivity contribution in [1.29, 1.82) is 0 Å². The summed E-state index contributed by atoms with van der Waals surface area (Å²) in [6, 6.07) is -0.324. The summed E-state index contributed by atoms with van der Waals surface area (Å²) in [5.74, 6) is -0.392. The molecule has 4 N–H and O–H groups in total. The molecule has 1 aliphatic heterocycles. The Labute approximate surface area is 98.4 Å². The Bertz CT molecular complexity index is 428. The number of nitrogens with one attached hydrogen (secondary N) is 4. The van der Waals surface area contributed by atoms with Gasteiger partial charge >= 0.3 is 0 Å². The summed E-state index contributed by atoms with van der Waals surface area (Å²) in [7, 11) is 1.53. The number of hydrogen-bond acceptors (Lipinski definition) is 4. The number of hydrogen-bond donors (Lipinski definition) is 4. The Morgan fingerprint density at radius 3 is 3.18 bits per heavy atom. The molecule has 0 aliphatic carbocycles. The van der Waals surface area contributed by atoms with Gasteiger partial charge in [-0.25, -0.2) is 4.98 Å². The van der Waals surface area contributed by atoms with E-state index >= 15 is 0 Å². The molecule has 2 amide bonds. The molecule has 0 saturated heterocycles. The standard InChI is InChI=1S/C10H15N5O2/c1-11-9(16)4-13-10(17)7-2-6-8(3-12-7)15-5-14-6/h5,7,12H,2-4H2,1H3,(H,11,16)(H,13,17)(H,14,15). The molecule has 1 unspecified atom stereocenters. The number of likely N-dealkylation sites (N-methyl/N-ethyl adjacent to an activating group) is 1. The molecular weight excluding hydrogens is 222 g/mol. The van der Waals surface area contributed by atoms with Crippen molar-refractivity contribution >= 4 is 11.8 Å². The van der Waals surface area contributed by atoms with Crippen LogP contribution < -0.4 is 16.0 Å². The molecule has 17 heavy (non-hydrogen) atoms. The third-order valence-electron chi connectivity index (χ3n) is 2.75. The van der Waals surface area contributed by atoms with Crippen LogP contribution in [0.1, 0.15) is 11.4 Å². The van der Waals surface area contributed by atoms with Crippen molar-refractivity contribution < 1.29 is 9.59 Å². The fourth-order valence-corrected chi connectivity index (χ4v) is 1.73. The zero-order valence-corrected chi connectivity index (χ0v) is 9.54. The summed E-state index contributed by atoms with van der Waals surface area (Å²) in [4.78, 5) is 29.9. The van der Waals surface area contributed by atoms with Gasteiger partial charge in [0.2, 0.25) is 11.8 Å². The molecule has 2 rings (SSSR count). The van der Waals surface area contributed by atoms with E-state index in [0.717, 1.165) is 11.4 Å². The van der Waals surface area contributed by atoms with Gasteiger partial charge in [0.05, 0.1) is 30.3 Å². The molecule has 0 radical (unpaired) electrons. The Kier molecular flexibility index (Phi) is 3.38. The number of carbonyl (C=O) groups is 2. The topological polar surface area (TPSA) is 98.9 Å². The SMILES string of the molecule is CNC(=O)CNC(=O)C1Cc2nc[nH]c2CN1. The zero-order valence-electron chi connectivity index (χ0n) is 9.54. The van der Waals surface area contributed by atoms with Crippen LogP contribution in [0.4, 0.5) is 0 Å². The van der Waals surface area contributed by atoms with Gasteiger partial charge in [-0.3, -0.25) is 14.9 Å². The number of aromatic amines is 1. The van der Waals surface area contributed by atoms with Crippen LogP contribution in [0.15, 0.2) is 6.33 Å². The molecule has 0 saturated carbocycles. The van der Waals surface area contributed by atoms with Crippen LogP contribution in [-0.4, -0.2) is 41.4 Å². The molecule has 0 aromatic carbocycles. The smallest absolute Gasteiger partial charge is 0.239 e. The van der Waals surface area contributed by atoms with E-state index in [0.29, 0.717) is 13.0 Å². The van der Waals surface area contributed by atoms with Gasteiger partial charge in [-0.15, -0.1) is 0 Å². The molecule has 2 heterocycles. The minimum absolute atomic E-state index is 0.000929. The predicted octanol–water partition coefficient (Wildman–Crippen LogP) is -1.71. The number of aromatic nitrogens is 2. The van der Waals surface area contributed by atoms with Gasteiger partial charge in [0.15, 0.2) is 0 Å². The van der Waals surface area contributed by atoms with E-state index in [4.69, 9.17) is 0 Å². The first kappa shape index (κ1) is 11.6. The fourth-order valence-electron chi connectivity index (χ4n) is 1.73. The highest BCUT2D eigenvalue weighted by atomic mass is 16.2. The van der Waals surface area contributed by atoms with E-state index < -0.39 is 0 Å². The number of fused-ring (bicyclic) bond motifs is 1. The lowest BCUT2D eigenvalue weighted by molar-refractivity contribution is -0.127. The Morgan fingerprint density at radius 2 is 2.41 bits per heavy atom. The second kappa shape index (κ2) is 4.96. The van der Waals surface area contributed by atoms with Gasteiger partial charge in [-0.2, -0.15) is 0 Å². The number of H-pyrrole nitrogens is 1. The molecular formula is C10H15N5O2. The normalized spacial score (nSPS) is 18.3. The minimum atomic E-state index is -0.324. The van der Waals surface area contributed by atoms with Gasteiger partial charge in [0.1, 0.15) is 0 Å². The van der Waals surface area contributed by atoms with Crippen LogP contribution >= 0.6 is 0 Å². The van der Waals surface area contributed by atoms with E-state index in [1.807, 2.05) is 0 Å². The van der Waals surface area contributed by atoms with Crippen molar-refractivity contribution in [2.24, 2.45) is 0 Å². The molecule has 92 valence electrons. The summed E-state index contributed by atoms with van der Waals surface area (Å²) in [5.41, 5.74) is 1.92. The third-order valence-corrected chi connectivity index (χ3v) is 2.75. The van der Waals surface area contributed by atoms with Crippen LogP contribution in [0.3, 0.4) is 0 Å². The van der Waals surface area contributed by atoms with Gasteiger partial charge < -0.3 is 15.6 Å². The predicted molar refractivity (Wildman–Crippen MR) is 60.0 cm³/mol. The monoisotopic (exact) mass is 237 g/mol. The van der Waals surface area contributed by atoms with Crippen molar-refractivity contribution in [3.05, 3.63) is 17.7 Å². The molecule has 0 fully saturated rings. The highest BCUT2D eigenvalue weighted by Gasteiger charge is 2.25. The maximum absolute atomic E-state index is 11.8. The maximum Gasteiger partial charge on any atom is 0.239 e. The number of rotatable bonds is 3. The van der Waals surface area contributed by atoms with Gasteiger partial charge in [-0.1, -0.05) is 0 Å². The summed E-state index contributed by atoms with van der Waals surface area (Å²) in [6.07, 6.45) is 2.16. The molecule has 1 aliphatic rings. The van der Waals surface area contributed by atoms with Crippen molar-refractivity contribution in [2.45, 2.75) is 19.0 Å². The minimum Gasteiger partial charge on any atom is -0.358 e. The quantitative estimate of drug-likeness (QED) is 0.503. The number of nitrogens with zero attached hydrogens (tertiary/aromatic N) is 1. The Hall–Kier alpha value is -1.89. The number of imidazole rings is 1. The average Bonchev–Trinajstić information content (AvgIpc) is 2.82. The van der Waals surface area contributed by atoms with Crippen molar-refractivity contribution in [1.82, 2.24) is 25.9 Å². The summed E-state index contributed by atoms with van der Waals surface area (Å²) in [6.45, 7) is 0.592. The van der Waals surface area contributed by atoms with Crippen molar-refractivity contribution in [3.8, 4) is 0 Å². The average molecular weight is 237 g/mol. The summed E-state index contributed by atoms with van der Waals surface area (Å²) in [5, 5.41) is 8.11. The third kappa shape index (κ3) is 2.62. The van der Waals surface area contributed by atoms with Crippen LogP contribution in [0.2, 0.25) is 0 Å². The first-order valence-electron chi connectivity index (χ1n) is 5.43. The lowest BCUT2D eigenvalue weighted by atomic mass is 10.0. The van der Waals surface area contributed by atoms with Crippen molar-refractivity contribution in [3.63, 3.8) is 0 Å². The highest BCUT2D eigenvalue weighted by molar-refractivity contribution is 5.87. The summed E-state index contributed by atoms with van der Waals surface area (Å²) >= 11 is 0. The molecule has 1 aromatic rings. The van der Waals surface area contributed by atoms with Crippen LogP contribution in [0.25, 0.3) is 0 Å². The van der Waals surface area contributed by atoms with E-state index in [9.17, 15) is 9.59 Å². The van der Waals surface area contributed by atoms with Crippen molar-refractivity contribution in [2.75, 3.05) is 13.6 Å². The number of carbonyl (C=O) groups excluding carboxylic acids is 2. The maximum atomic E-state index is 11.8. The van der Waals surface area contributed by atoms with Gasteiger partial charge in [0, 0.05) is 20.0 Å². The molecule has 7 nitrogen and oxygen atoms in total. The molecule has 1 atom stereocenters. The molecule has 1 aromatic heterocycles. The molecule has 7 heteroatoms. The Balaban J connectivity index is 1.88. The zero-order chi connectivity index (χ0) is 12.3. The Morgan fingerprint density at radius 1 is 1.59 bits per heavy atom. The first-order chi connectivity index (χ1) is 8.20. The lowest BCUT2D eigenvalue weighted by Crippen LogP contribution is -2.49. The molecule has 0 spiro atoms. The number of amides is 2. The first-order valence-corrected chi connectivity index (χ1v) is 5.43. The fraction of sp³-hybridized carbons (Fsp3) is 0.500. The molecule has 0 bridgehead atoms. The lowest BCUT2D eigenvalue weighted by Gasteiger charge is -2.21. The van der Waals surface area contributed by atoms with Gasteiger partial charge in [-0.05, 0) is 0 Å². The van der Waals surface area contributed by atoms with Gasteiger partial charge in [0.25, 0.3) is 0 Å². The van der Waals surface area contributed by atoms with Crippen LogP contribution in [0, 0.1) is 0 Å². The van der Waals surface area contributed by atoms with Crippen LogP contribution in [-0.2, 0) is 22.6 Å². The van der Waals surface area contributed by atoms with Crippen LogP contribution in [0.5, 0.6) is 0 Å². The second-order valence-electron chi connectivity index (χ2n) is 3.86. The van der Waals surface area contributed by atoms with E-state index in [2.05, 4.69) is 25.9 Å². The van der Waals surface area contributed by atoms with E-state index in [1.54, 1.807) is 6.33 Å². The van der Waals surface area contributed by atoms with E-state index in [1.165, 1.54) is 7.05 Å². The highest BCUT2D eigenvalue weighted by Crippen LogP contribution is 2.11. The van der Waals surface area contributed by atoms with E-state index in [-0.39, 0.29) is 24.4 Å². The second-order valence-corrected chi connectivity index (χ2v) is 3.86. The summed E-state index contributed by atoms with van der Waals surface area (Å²) < 4.78 is 0. The largest absolute Gasteiger partial charge is 0.358 e.